The molecule has 10 nitrogen and oxygen atoms in total. The molecule has 1 N–H and O–H groups in total. The monoisotopic (exact) mass is 709 g/mol. The predicted octanol–water partition coefficient (Wildman–Crippen LogP) is 7.74. The van der Waals surface area contributed by atoms with Crippen molar-refractivity contribution in [2.24, 2.45) is 4.36 Å². The SMILES string of the molecule is COc1c(C)c(OC(=O)c2c(C)c(C)c(OC(CC(c3ccc(F)cc3)c3ccc(F)cc3)N=S(=O)=O)c(C)c2OC)c(C)c(C)c1C(=O)O. The third-order valence-corrected chi connectivity index (χ3v) is 9.24. The van der Waals surface area contributed by atoms with Crippen LogP contribution in [0.2, 0.25) is 0 Å². The fourth-order valence-electron chi connectivity index (χ4n) is 6.09. The van der Waals surface area contributed by atoms with Crippen molar-refractivity contribution in [3.63, 3.8) is 0 Å². The van der Waals surface area contributed by atoms with Crippen LogP contribution in [0.3, 0.4) is 0 Å². The molecule has 0 aliphatic carbocycles. The first kappa shape index (κ1) is 37.5. The van der Waals surface area contributed by atoms with Gasteiger partial charge in [-0.1, -0.05) is 24.3 Å². The van der Waals surface area contributed by atoms with Gasteiger partial charge in [-0.15, -0.1) is 4.36 Å². The van der Waals surface area contributed by atoms with E-state index in [0.717, 1.165) is 0 Å². The van der Waals surface area contributed by atoms with Crippen molar-refractivity contribution in [3.05, 3.63) is 116 Å². The first-order valence-electron chi connectivity index (χ1n) is 15.4. The normalized spacial score (nSPS) is 11.6. The summed E-state index contributed by atoms with van der Waals surface area (Å²) in [6.07, 6.45) is -1.34. The van der Waals surface area contributed by atoms with E-state index in [4.69, 9.17) is 18.9 Å². The third-order valence-electron chi connectivity index (χ3n) is 8.83. The minimum atomic E-state index is -2.90. The quantitative estimate of drug-likeness (QED) is 0.116. The Balaban J connectivity index is 1.79. The molecule has 13 heteroatoms. The molecule has 0 aliphatic rings. The number of halogens is 2. The summed E-state index contributed by atoms with van der Waals surface area (Å²) in [5.41, 5.74) is 3.62. The average Bonchev–Trinajstić information content (AvgIpc) is 3.07. The Bertz CT molecular complexity index is 2040. The van der Waals surface area contributed by atoms with Crippen LogP contribution >= 0.6 is 0 Å². The molecular weight excluding hydrogens is 672 g/mol. The molecule has 0 amide bonds. The Morgan fingerprint density at radius 3 is 1.58 bits per heavy atom. The first-order valence-corrected chi connectivity index (χ1v) is 16.4. The molecule has 0 saturated heterocycles. The highest BCUT2D eigenvalue weighted by atomic mass is 32.2. The average molecular weight is 710 g/mol. The fraction of sp³-hybridized carbons (Fsp3) is 0.297. The standard InChI is InChI=1S/C37H37F2NO9S/c1-18-20(3)33(23(6)34(46-7)30(18)36(41)42)49-37(43)31-19(2)21(4)32(22(5)35(31)47-8)48-29(40-50(44)45)17-28(24-9-13-26(38)14-10-24)25-11-15-27(39)16-12-25/h9-16,28-29H,17H2,1-8H3,(H,41,42). The molecule has 0 saturated carbocycles. The number of methoxy groups -OCH3 is 2. The zero-order valence-electron chi connectivity index (χ0n) is 28.8. The van der Waals surface area contributed by atoms with E-state index in [1.165, 1.54) is 38.5 Å². The smallest absolute Gasteiger partial charge is 0.347 e. The van der Waals surface area contributed by atoms with Crippen molar-refractivity contribution in [2.75, 3.05) is 14.2 Å². The molecule has 1 atom stereocenters. The molecule has 0 spiro atoms. The van der Waals surface area contributed by atoms with Crippen LogP contribution in [-0.2, 0) is 10.5 Å². The molecule has 0 aliphatic heterocycles. The van der Waals surface area contributed by atoms with Crippen molar-refractivity contribution >= 4 is 22.4 Å². The molecule has 0 aromatic heterocycles. The number of rotatable bonds is 12. The molecule has 4 rings (SSSR count). The van der Waals surface area contributed by atoms with Gasteiger partial charge in [0.1, 0.15) is 45.8 Å². The van der Waals surface area contributed by atoms with Gasteiger partial charge in [-0.05, 0) is 99.2 Å². The number of hydrogen-bond donors (Lipinski definition) is 1. The topological polar surface area (TPSA) is 138 Å². The van der Waals surface area contributed by atoms with E-state index >= 15 is 0 Å². The number of carbonyl (C=O) groups excluding carboxylic acids is 1. The molecule has 50 heavy (non-hydrogen) atoms. The van der Waals surface area contributed by atoms with E-state index in [1.54, 1.807) is 65.8 Å². The number of benzene rings is 4. The summed E-state index contributed by atoms with van der Waals surface area (Å²) in [7, 11) is -0.214. The highest BCUT2D eigenvalue weighted by molar-refractivity contribution is 7.61. The van der Waals surface area contributed by atoms with Crippen LogP contribution in [-0.4, -0.2) is 45.9 Å². The van der Waals surface area contributed by atoms with Gasteiger partial charge in [-0.2, -0.15) is 8.42 Å². The summed E-state index contributed by atoms with van der Waals surface area (Å²) in [4.78, 5) is 25.9. The number of aromatic carboxylic acids is 1. The third kappa shape index (κ3) is 7.62. The maximum atomic E-state index is 13.9. The molecule has 4 aromatic carbocycles. The van der Waals surface area contributed by atoms with Gasteiger partial charge in [-0.25, -0.2) is 18.4 Å². The van der Waals surface area contributed by atoms with Crippen LogP contribution in [0, 0.1) is 53.2 Å². The summed E-state index contributed by atoms with van der Waals surface area (Å²) in [5.74, 6) is -2.97. The summed E-state index contributed by atoms with van der Waals surface area (Å²) >= 11 is 0. The Kier molecular flexibility index (Phi) is 11.6. The Labute approximate surface area is 290 Å². The van der Waals surface area contributed by atoms with Gasteiger partial charge in [0, 0.05) is 23.5 Å². The summed E-state index contributed by atoms with van der Waals surface area (Å²) < 4.78 is 78.6. The lowest BCUT2D eigenvalue weighted by molar-refractivity contribution is 0.0691. The lowest BCUT2D eigenvalue weighted by Gasteiger charge is -2.26. The molecule has 1 unspecified atom stereocenters. The first-order chi connectivity index (χ1) is 23.6. The second kappa shape index (κ2) is 15.5. The molecule has 0 bridgehead atoms. The second-order valence-electron chi connectivity index (χ2n) is 11.7. The Hall–Kier alpha value is -5.30. The number of esters is 1. The van der Waals surface area contributed by atoms with Gasteiger partial charge in [-0.3, -0.25) is 0 Å². The zero-order chi connectivity index (χ0) is 37.0. The van der Waals surface area contributed by atoms with Crippen molar-refractivity contribution < 1.29 is 50.8 Å². The van der Waals surface area contributed by atoms with Gasteiger partial charge < -0.3 is 24.1 Å². The van der Waals surface area contributed by atoms with Crippen molar-refractivity contribution in [3.8, 4) is 23.0 Å². The number of carboxylic acids is 1. The Morgan fingerprint density at radius 2 is 1.12 bits per heavy atom. The molecular formula is C37H37F2NO9S. The van der Waals surface area contributed by atoms with Crippen LogP contribution in [0.1, 0.15) is 77.6 Å². The summed E-state index contributed by atoms with van der Waals surface area (Å²) in [6, 6.07) is 11.3. The van der Waals surface area contributed by atoms with Crippen LogP contribution in [0.25, 0.3) is 0 Å². The van der Waals surface area contributed by atoms with Crippen LogP contribution in [0.4, 0.5) is 8.78 Å². The summed E-state index contributed by atoms with van der Waals surface area (Å²) in [5, 5.41) is 9.78. The highest BCUT2D eigenvalue weighted by Gasteiger charge is 2.31. The maximum Gasteiger partial charge on any atom is 0.347 e. The maximum absolute atomic E-state index is 13.9. The lowest BCUT2D eigenvalue weighted by Crippen LogP contribution is -2.21. The van der Waals surface area contributed by atoms with Gasteiger partial charge in [0.2, 0.25) is 6.23 Å². The molecule has 0 radical (unpaired) electrons. The van der Waals surface area contributed by atoms with Gasteiger partial charge in [0.25, 0.3) is 0 Å². The van der Waals surface area contributed by atoms with Crippen LogP contribution in [0.5, 0.6) is 23.0 Å². The number of carboxylic acid groups (broad SMARTS) is 1. The van der Waals surface area contributed by atoms with Crippen LogP contribution < -0.4 is 18.9 Å². The highest BCUT2D eigenvalue weighted by Crippen LogP contribution is 2.42. The molecule has 0 heterocycles. The van der Waals surface area contributed by atoms with Crippen LogP contribution in [0.15, 0.2) is 52.9 Å². The minimum Gasteiger partial charge on any atom is -0.495 e. The number of nitrogens with zero attached hydrogens (tertiary/aromatic N) is 1. The van der Waals surface area contributed by atoms with Crippen molar-refractivity contribution in [2.45, 2.75) is 60.1 Å². The molecule has 0 fully saturated rings. The fourth-order valence-corrected chi connectivity index (χ4v) is 6.41. The second-order valence-corrected chi connectivity index (χ2v) is 12.4. The zero-order valence-corrected chi connectivity index (χ0v) is 29.6. The van der Waals surface area contributed by atoms with Gasteiger partial charge in [0.05, 0.1) is 14.2 Å². The number of carbonyl (C=O) groups is 2. The summed E-state index contributed by atoms with van der Waals surface area (Å²) in [6.45, 7) is 9.79. The number of ether oxygens (including phenoxy) is 4. The van der Waals surface area contributed by atoms with E-state index in [9.17, 15) is 31.9 Å². The lowest BCUT2D eigenvalue weighted by atomic mass is 9.88. The Morgan fingerprint density at radius 1 is 0.680 bits per heavy atom. The van der Waals surface area contributed by atoms with Gasteiger partial charge in [0.15, 0.2) is 0 Å². The van der Waals surface area contributed by atoms with E-state index in [-0.39, 0.29) is 40.5 Å². The van der Waals surface area contributed by atoms with Crippen molar-refractivity contribution in [1.82, 2.24) is 0 Å². The van der Waals surface area contributed by atoms with E-state index in [0.29, 0.717) is 44.5 Å². The van der Waals surface area contributed by atoms with E-state index in [2.05, 4.69) is 4.36 Å². The largest absolute Gasteiger partial charge is 0.495 e. The molecule has 264 valence electrons. The van der Waals surface area contributed by atoms with Gasteiger partial charge >= 0.3 is 22.4 Å². The molecule has 4 aromatic rings. The predicted molar refractivity (Wildman–Crippen MR) is 181 cm³/mol. The van der Waals surface area contributed by atoms with E-state index in [1.807, 2.05) is 0 Å². The minimum absolute atomic E-state index is 0.0377. The number of hydrogen-bond acceptors (Lipinski definition) is 9. The van der Waals surface area contributed by atoms with E-state index < -0.39 is 46.2 Å². The van der Waals surface area contributed by atoms with Crippen molar-refractivity contribution in [1.29, 1.82) is 0 Å².